The second-order valence-corrected chi connectivity index (χ2v) is 4.46. The maximum atomic E-state index is 12.0. The minimum absolute atomic E-state index is 0.128. The van der Waals surface area contributed by atoms with Gasteiger partial charge in [0.2, 0.25) is 0 Å². The van der Waals surface area contributed by atoms with E-state index in [1.165, 1.54) is 12.3 Å². The molecule has 0 fully saturated rings. The lowest BCUT2D eigenvalue weighted by molar-refractivity contribution is 0.0938. The molecule has 2 aromatic rings. The molecule has 19 heavy (non-hydrogen) atoms. The molecule has 1 heterocycles. The normalized spacial score (nSPS) is 11.9. The number of pyridine rings is 1. The quantitative estimate of drug-likeness (QED) is 0.884. The second-order valence-electron chi connectivity index (χ2n) is 4.46. The highest BCUT2D eigenvalue weighted by Crippen LogP contribution is 2.16. The van der Waals surface area contributed by atoms with E-state index in [0.29, 0.717) is 0 Å². The van der Waals surface area contributed by atoms with Crippen molar-refractivity contribution in [2.24, 2.45) is 0 Å². The van der Waals surface area contributed by atoms with Gasteiger partial charge in [0.25, 0.3) is 11.5 Å². The van der Waals surface area contributed by atoms with E-state index in [1.54, 1.807) is 6.07 Å². The molecule has 1 aromatic heterocycles. The molecule has 0 aliphatic rings. The first-order valence-electron chi connectivity index (χ1n) is 6.13. The molecule has 1 aromatic carbocycles. The van der Waals surface area contributed by atoms with E-state index in [2.05, 4.69) is 10.3 Å². The number of nitrogens with one attached hydrogen (secondary N) is 2. The van der Waals surface area contributed by atoms with E-state index in [-0.39, 0.29) is 23.1 Å². The number of aryl methyl sites for hydroxylation is 1. The maximum absolute atomic E-state index is 12.0. The molecule has 4 nitrogen and oxygen atoms in total. The van der Waals surface area contributed by atoms with Crippen molar-refractivity contribution in [2.75, 3.05) is 0 Å². The predicted molar refractivity (Wildman–Crippen MR) is 74.1 cm³/mol. The third kappa shape index (κ3) is 2.91. The number of rotatable bonds is 3. The molecule has 0 unspecified atom stereocenters. The van der Waals surface area contributed by atoms with E-state index >= 15 is 0 Å². The zero-order chi connectivity index (χ0) is 13.8. The minimum atomic E-state index is -0.378. The summed E-state index contributed by atoms with van der Waals surface area (Å²) in [5.41, 5.74) is 1.90. The summed E-state index contributed by atoms with van der Waals surface area (Å²) in [4.78, 5) is 26.0. The zero-order valence-corrected chi connectivity index (χ0v) is 10.9. The van der Waals surface area contributed by atoms with Crippen molar-refractivity contribution in [3.63, 3.8) is 0 Å². The van der Waals surface area contributed by atoms with Crippen LogP contribution in [-0.4, -0.2) is 10.9 Å². The summed E-state index contributed by atoms with van der Waals surface area (Å²) in [6, 6.07) is 10.8. The Morgan fingerprint density at radius 1 is 1.21 bits per heavy atom. The summed E-state index contributed by atoms with van der Waals surface area (Å²) in [5.74, 6) is -0.363. The van der Waals surface area contributed by atoms with Gasteiger partial charge in [-0.3, -0.25) is 9.59 Å². The van der Waals surface area contributed by atoms with Crippen molar-refractivity contribution >= 4 is 5.91 Å². The number of hydrogen-bond acceptors (Lipinski definition) is 2. The fourth-order valence-electron chi connectivity index (χ4n) is 2.03. The smallest absolute Gasteiger partial charge is 0.260 e. The first kappa shape index (κ1) is 13.1. The molecular weight excluding hydrogens is 240 g/mol. The second kappa shape index (κ2) is 5.52. The van der Waals surface area contributed by atoms with Crippen molar-refractivity contribution in [1.82, 2.24) is 10.3 Å². The maximum Gasteiger partial charge on any atom is 0.260 e. The molecule has 98 valence electrons. The van der Waals surface area contributed by atoms with Crippen LogP contribution in [0.4, 0.5) is 0 Å². The first-order chi connectivity index (χ1) is 9.09. The Balaban J connectivity index is 2.18. The Bertz CT molecular complexity index is 646. The number of aromatic amines is 1. The topological polar surface area (TPSA) is 62.0 Å². The molecule has 0 aliphatic carbocycles. The van der Waals surface area contributed by atoms with E-state index in [9.17, 15) is 9.59 Å². The fraction of sp³-hybridized carbons (Fsp3) is 0.200. The zero-order valence-electron chi connectivity index (χ0n) is 10.9. The standard InChI is InChI=1S/C15H16N2O2/c1-10-6-3-4-7-12(10)11(2)17-15(19)13-8-5-9-16-14(13)18/h3-9,11H,1-2H3,(H,16,18)(H,17,19)/t11-/m1/s1. The SMILES string of the molecule is Cc1ccccc1[C@@H](C)NC(=O)c1ccc[nH]c1=O. The molecule has 0 radical (unpaired) electrons. The summed E-state index contributed by atoms with van der Waals surface area (Å²) in [6.07, 6.45) is 1.50. The molecule has 0 bridgehead atoms. The van der Waals surface area contributed by atoms with Crippen molar-refractivity contribution in [2.45, 2.75) is 19.9 Å². The van der Waals surface area contributed by atoms with Gasteiger partial charge in [-0.15, -0.1) is 0 Å². The van der Waals surface area contributed by atoms with Crippen LogP contribution in [0.1, 0.15) is 34.5 Å². The van der Waals surface area contributed by atoms with Crippen molar-refractivity contribution in [1.29, 1.82) is 0 Å². The van der Waals surface area contributed by atoms with Crippen LogP contribution in [0, 0.1) is 6.92 Å². The van der Waals surface area contributed by atoms with Gasteiger partial charge < -0.3 is 10.3 Å². The average Bonchev–Trinajstić information content (AvgIpc) is 2.39. The van der Waals surface area contributed by atoms with Crippen LogP contribution < -0.4 is 10.9 Å². The fourth-order valence-corrected chi connectivity index (χ4v) is 2.03. The van der Waals surface area contributed by atoms with Crippen molar-refractivity contribution < 1.29 is 4.79 Å². The number of amides is 1. The Labute approximate surface area is 111 Å². The lowest BCUT2D eigenvalue weighted by Gasteiger charge is -2.16. The van der Waals surface area contributed by atoms with Gasteiger partial charge in [-0.05, 0) is 37.1 Å². The Hall–Kier alpha value is -2.36. The number of carbonyl (C=O) groups is 1. The summed E-state index contributed by atoms with van der Waals surface area (Å²) in [7, 11) is 0. The molecule has 0 spiro atoms. The van der Waals surface area contributed by atoms with Gasteiger partial charge in [-0.1, -0.05) is 24.3 Å². The Morgan fingerprint density at radius 3 is 2.63 bits per heavy atom. The molecule has 0 saturated heterocycles. The van der Waals surface area contributed by atoms with Crippen LogP contribution in [0.5, 0.6) is 0 Å². The van der Waals surface area contributed by atoms with Crippen LogP contribution >= 0.6 is 0 Å². The van der Waals surface area contributed by atoms with E-state index in [4.69, 9.17) is 0 Å². The van der Waals surface area contributed by atoms with Gasteiger partial charge in [0.15, 0.2) is 0 Å². The Kier molecular flexibility index (Phi) is 3.80. The van der Waals surface area contributed by atoms with Gasteiger partial charge in [0.05, 0.1) is 6.04 Å². The van der Waals surface area contributed by atoms with E-state index < -0.39 is 0 Å². The summed E-state index contributed by atoms with van der Waals surface area (Å²) < 4.78 is 0. The molecule has 0 aliphatic heterocycles. The number of carbonyl (C=O) groups excluding carboxylic acids is 1. The molecule has 2 N–H and O–H groups in total. The average molecular weight is 256 g/mol. The molecule has 2 rings (SSSR count). The lowest BCUT2D eigenvalue weighted by Crippen LogP contribution is -2.31. The molecule has 1 amide bonds. The van der Waals surface area contributed by atoms with Gasteiger partial charge in [-0.2, -0.15) is 0 Å². The molecular formula is C15H16N2O2. The van der Waals surface area contributed by atoms with Crippen molar-refractivity contribution in [3.05, 3.63) is 69.6 Å². The molecule has 0 saturated carbocycles. The minimum Gasteiger partial charge on any atom is -0.345 e. The van der Waals surface area contributed by atoms with Gasteiger partial charge in [0.1, 0.15) is 5.56 Å². The van der Waals surface area contributed by atoms with Gasteiger partial charge >= 0.3 is 0 Å². The number of H-pyrrole nitrogens is 1. The predicted octanol–water partition coefficient (Wildman–Crippen LogP) is 2.17. The molecule has 1 atom stereocenters. The summed E-state index contributed by atoms with van der Waals surface area (Å²) >= 11 is 0. The highest BCUT2D eigenvalue weighted by atomic mass is 16.2. The first-order valence-corrected chi connectivity index (χ1v) is 6.13. The van der Waals surface area contributed by atoms with Gasteiger partial charge in [0, 0.05) is 6.20 Å². The van der Waals surface area contributed by atoms with Crippen molar-refractivity contribution in [3.8, 4) is 0 Å². The number of benzene rings is 1. The van der Waals surface area contributed by atoms with Crippen LogP contribution in [0.25, 0.3) is 0 Å². The van der Waals surface area contributed by atoms with Gasteiger partial charge in [-0.25, -0.2) is 0 Å². The van der Waals surface area contributed by atoms with E-state index in [1.807, 2.05) is 38.1 Å². The summed E-state index contributed by atoms with van der Waals surface area (Å²) in [6.45, 7) is 3.89. The van der Waals surface area contributed by atoms with Crippen LogP contribution in [0.3, 0.4) is 0 Å². The van der Waals surface area contributed by atoms with E-state index in [0.717, 1.165) is 11.1 Å². The summed E-state index contributed by atoms with van der Waals surface area (Å²) in [5, 5.41) is 2.84. The monoisotopic (exact) mass is 256 g/mol. The lowest BCUT2D eigenvalue weighted by atomic mass is 10.0. The third-order valence-electron chi connectivity index (χ3n) is 3.07. The third-order valence-corrected chi connectivity index (χ3v) is 3.07. The molecule has 4 heteroatoms. The van der Waals surface area contributed by atoms with Crippen LogP contribution in [0.2, 0.25) is 0 Å². The number of hydrogen-bond donors (Lipinski definition) is 2. The number of aromatic nitrogens is 1. The Morgan fingerprint density at radius 2 is 1.95 bits per heavy atom. The van der Waals surface area contributed by atoms with Crippen LogP contribution in [0.15, 0.2) is 47.4 Å². The van der Waals surface area contributed by atoms with Crippen LogP contribution in [-0.2, 0) is 0 Å². The highest BCUT2D eigenvalue weighted by molar-refractivity contribution is 5.94. The highest BCUT2D eigenvalue weighted by Gasteiger charge is 2.14. The largest absolute Gasteiger partial charge is 0.345 e.